The lowest BCUT2D eigenvalue weighted by atomic mass is 10.2. The Kier molecular flexibility index (Phi) is 5.30. The first-order valence-electron chi connectivity index (χ1n) is 8.16. The predicted molar refractivity (Wildman–Crippen MR) is 94.8 cm³/mol. The summed E-state index contributed by atoms with van der Waals surface area (Å²) >= 11 is 1.49. The monoisotopic (exact) mass is 346 g/mol. The van der Waals surface area contributed by atoms with Gasteiger partial charge >= 0.3 is 0 Å². The summed E-state index contributed by atoms with van der Waals surface area (Å²) in [4.78, 5) is 25.8. The van der Waals surface area contributed by atoms with Gasteiger partial charge in [-0.05, 0) is 17.4 Å². The largest absolute Gasteiger partial charge is 0.477 e. The normalized spacial score (nSPS) is 15.0. The molecule has 24 heavy (non-hydrogen) atoms. The average molecular weight is 346 g/mol. The number of carbonyl (C=O) groups is 1. The van der Waals surface area contributed by atoms with Crippen LogP contribution in [0.5, 0.6) is 5.88 Å². The highest BCUT2D eigenvalue weighted by molar-refractivity contribution is 7.12. The second-order valence-corrected chi connectivity index (χ2v) is 7.12. The van der Waals surface area contributed by atoms with Crippen LogP contribution >= 0.6 is 11.3 Å². The molecule has 2 aromatic rings. The topological polar surface area (TPSA) is 58.6 Å². The number of thiophene rings is 1. The van der Waals surface area contributed by atoms with Crippen LogP contribution in [0.1, 0.15) is 23.5 Å². The number of hydrogen-bond acceptors (Lipinski definition) is 6. The number of aromatic nitrogens is 2. The molecule has 7 heteroatoms. The lowest BCUT2D eigenvalue weighted by molar-refractivity contribution is 0.0751. The van der Waals surface area contributed by atoms with Crippen LogP contribution in [0, 0.1) is 5.92 Å². The van der Waals surface area contributed by atoms with E-state index in [0.717, 1.165) is 23.8 Å². The number of hydrogen-bond donors (Lipinski definition) is 0. The molecule has 3 heterocycles. The molecule has 1 amide bonds. The number of anilines is 1. The minimum absolute atomic E-state index is 0.119. The summed E-state index contributed by atoms with van der Waals surface area (Å²) in [6.45, 7) is 7.76. The zero-order valence-electron chi connectivity index (χ0n) is 14.0. The molecular formula is C17H22N4O2S. The predicted octanol–water partition coefficient (Wildman–Crippen LogP) is 2.54. The van der Waals surface area contributed by atoms with Gasteiger partial charge in [0.2, 0.25) is 5.88 Å². The Morgan fingerprint density at radius 3 is 2.75 bits per heavy atom. The number of amides is 1. The Bertz CT molecular complexity index is 667. The highest BCUT2D eigenvalue weighted by atomic mass is 32.1. The quantitative estimate of drug-likeness (QED) is 0.833. The van der Waals surface area contributed by atoms with Crippen molar-refractivity contribution in [3.63, 3.8) is 0 Å². The van der Waals surface area contributed by atoms with E-state index >= 15 is 0 Å². The smallest absolute Gasteiger partial charge is 0.264 e. The molecule has 0 aliphatic carbocycles. The third kappa shape index (κ3) is 4.03. The fourth-order valence-electron chi connectivity index (χ4n) is 2.53. The van der Waals surface area contributed by atoms with Crippen molar-refractivity contribution in [3.8, 4) is 5.88 Å². The Morgan fingerprint density at radius 2 is 2.08 bits per heavy atom. The number of rotatable bonds is 5. The maximum Gasteiger partial charge on any atom is 0.264 e. The molecule has 1 aliphatic rings. The molecule has 1 aliphatic heterocycles. The molecule has 0 spiro atoms. The molecule has 3 rings (SSSR count). The number of ether oxygens (including phenoxy) is 1. The molecule has 0 atom stereocenters. The summed E-state index contributed by atoms with van der Waals surface area (Å²) in [5.41, 5.74) is 0. The van der Waals surface area contributed by atoms with Crippen LogP contribution in [0.2, 0.25) is 0 Å². The zero-order valence-corrected chi connectivity index (χ0v) is 14.8. The first kappa shape index (κ1) is 16.7. The average Bonchev–Trinajstić information content (AvgIpc) is 3.14. The minimum atomic E-state index is 0.119. The van der Waals surface area contributed by atoms with E-state index in [4.69, 9.17) is 4.74 Å². The van der Waals surface area contributed by atoms with Crippen molar-refractivity contribution in [2.24, 2.45) is 5.92 Å². The molecule has 0 saturated carbocycles. The summed E-state index contributed by atoms with van der Waals surface area (Å²) in [6.07, 6.45) is 1.54. The SMILES string of the molecule is CC(C)COc1cc(N2CCN(C(=O)c3cccs3)CC2)ncn1. The molecule has 128 valence electrons. The van der Waals surface area contributed by atoms with Crippen molar-refractivity contribution in [3.05, 3.63) is 34.8 Å². The van der Waals surface area contributed by atoms with Crippen LogP contribution in [0.3, 0.4) is 0 Å². The van der Waals surface area contributed by atoms with Crippen LogP contribution < -0.4 is 9.64 Å². The molecule has 0 unspecified atom stereocenters. The fraction of sp³-hybridized carbons (Fsp3) is 0.471. The van der Waals surface area contributed by atoms with Crippen LogP contribution in [0.4, 0.5) is 5.82 Å². The molecule has 0 radical (unpaired) electrons. The Morgan fingerprint density at radius 1 is 1.29 bits per heavy atom. The van der Waals surface area contributed by atoms with Gasteiger partial charge in [0.05, 0.1) is 11.5 Å². The summed E-state index contributed by atoms with van der Waals surface area (Å²) in [5, 5.41) is 1.93. The van der Waals surface area contributed by atoms with Crippen molar-refractivity contribution >= 4 is 23.1 Å². The lowest BCUT2D eigenvalue weighted by Crippen LogP contribution is -2.48. The highest BCUT2D eigenvalue weighted by Crippen LogP contribution is 2.19. The van der Waals surface area contributed by atoms with Gasteiger partial charge in [-0.3, -0.25) is 4.79 Å². The fourth-order valence-corrected chi connectivity index (χ4v) is 3.22. The maximum absolute atomic E-state index is 12.4. The van der Waals surface area contributed by atoms with E-state index in [2.05, 4.69) is 28.7 Å². The summed E-state index contributed by atoms with van der Waals surface area (Å²) in [7, 11) is 0. The first-order chi connectivity index (χ1) is 11.6. The van der Waals surface area contributed by atoms with Crippen molar-refractivity contribution in [1.29, 1.82) is 0 Å². The zero-order chi connectivity index (χ0) is 16.9. The Balaban J connectivity index is 1.58. The lowest BCUT2D eigenvalue weighted by Gasteiger charge is -2.35. The number of nitrogens with zero attached hydrogens (tertiary/aromatic N) is 4. The molecule has 2 aromatic heterocycles. The van der Waals surface area contributed by atoms with Crippen molar-refractivity contribution < 1.29 is 9.53 Å². The van der Waals surface area contributed by atoms with E-state index in [1.807, 2.05) is 28.5 Å². The summed E-state index contributed by atoms with van der Waals surface area (Å²) in [6, 6.07) is 5.66. The standard InChI is InChI=1S/C17H22N4O2S/c1-13(2)11-23-16-10-15(18-12-19-16)20-5-7-21(8-6-20)17(22)14-4-3-9-24-14/h3-4,9-10,12-13H,5-8,11H2,1-2H3. The van der Waals surface area contributed by atoms with Gasteiger partial charge in [0, 0.05) is 32.2 Å². The summed E-state index contributed by atoms with van der Waals surface area (Å²) < 4.78 is 5.67. The highest BCUT2D eigenvalue weighted by Gasteiger charge is 2.23. The van der Waals surface area contributed by atoms with Gasteiger partial charge in [-0.2, -0.15) is 0 Å². The van der Waals surface area contributed by atoms with Crippen molar-refractivity contribution in [2.45, 2.75) is 13.8 Å². The van der Waals surface area contributed by atoms with Gasteiger partial charge in [0.1, 0.15) is 12.1 Å². The van der Waals surface area contributed by atoms with Gasteiger partial charge in [-0.1, -0.05) is 19.9 Å². The third-order valence-corrected chi connectivity index (χ3v) is 4.67. The van der Waals surface area contributed by atoms with Gasteiger partial charge in [0.25, 0.3) is 5.91 Å². The van der Waals surface area contributed by atoms with E-state index < -0.39 is 0 Å². The maximum atomic E-state index is 12.4. The van der Waals surface area contributed by atoms with Gasteiger partial charge in [0.15, 0.2) is 0 Å². The van der Waals surface area contributed by atoms with Crippen molar-refractivity contribution in [1.82, 2.24) is 14.9 Å². The van der Waals surface area contributed by atoms with Crippen LogP contribution in [0.15, 0.2) is 29.9 Å². The van der Waals surface area contributed by atoms with Crippen LogP contribution in [-0.4, -0.2) is 53.6 Å². The molecule has 0 N–H and O–H groups in total. The van der Waals surface area contributed by atoms with Gasteiger partial charge in [-0.15, -0.1) is 11.3 Å². The molecular weight excluding hydrogens is 324 g/mol. The van der Waals surface area contributed by atoms with Gasteiger partial charge < -0.3 is 14.5 Å². The van der Waals surface area contributed by atoms with Gasteiger partial charge in [-0.25, -0.2) is 9.97 Å². The van der Waals surface area contributed by atoms with Crippen molar-refractivity contribution in [2.75, 3.05) is 37.7 Å². The molecule has 6 nitrogen and oxygen atoms in total. The number of carbonyl (C=O) groups excluding carboxylic acids is 1. The summed E-state index contributed by atoms with van der Waals surface area (Å²) in [5.74, 6) is 2.03. The van der Waals surface area contributed by atoms with E-state index in [1.165, 1.54) is 17.7 Å². The molecule has 0 bridgehead atoms. The third-order valence-electron chi connectivity index (χ3n) is 3.81. The van der Waals surface area contributed by atoms with E-state index in [9.17, 15) is 4.79 Å². The second kappa shape index (κ2) is 7.61. The van der Waals surface area contributed by atoms with E-state index in [1.54, 1.807) is 0 Å². The number of piperazine rings is 1. The van der Waals surface area contributed by atoms with Crippen LogP contribution in [0.25, 0.3) is 0 Å². The molecule has 0 aromatic carbocycles. The van der Waals surface area contributed by atoms with Crippen LogP contribution in [-0.2, 0) is 0 Å². The minimum Gasteiger partial charge on any atom is -0.477 e. The van der Waals surface area contributed by atoms with E-state index in [0.29, 0.717) is 31.5 Å². The Labute approximate surface area is 146 Å². The first-order valence-corrected chi connectivity index (χ1v) is 9.04. The molecule has 1 saturated heterocycles. The Hall–Kier alpha value is -2.15. The molecule has 1 fully saturated rings. The van der Waals surface area contributed by atoms with E-state index in [-0.39, 0.29) is 5.91 Å². The second-order valence-electron chi connectivity index (χ2n) is 6.18.